The Morgan fingerprint density at radius 1 is 1.25 bits per heavy atom. The molecule has 0 bridgehead atoms. The van der Waals surface area contributed by atoms with Crippen molar-refractivity contribution in [3.8, 4) is 5.75 Å². The van der Waals surface area contributed by atoms with Crippen molar-refractivity contribution < 1.29 is 9.53 Å². The lowest BCUT2D eigenvalue weighted by atomic mass is 10.1. The topological polar surface area (TPSA) is 51.2 Å². The van der Waals surface area contributed by atoms with Crippen LogP contribution in [0.15, 0.2) is 47.1 Å². The number of carbonyl (C=O) groups excluding carboxylic acids is 1. The molecule has 0 aliphatic carbocycles. The summed E-state index contributed by atoms with van der Waals surface area (Å²) in [6.07, 6.45) is 1.10. The summed E-state index contributed by atoms with van der Waals surface area (Å²) >= 11 is 3.27. The van der Waals surface area contributed by atoms with E-state index >= 15 is 0 Å². The summed E-state index contributed by atoms with van der Waals surface area (Å²) in [4.78, 5) is 16.0. The minimum Gasteiger partial charge on any atom is -0.497 e. The predicted molar refractivity (Wildman–Crippen MR) is 81.9 cm³/mol. The van der Waals surface area contributed by atoms with Crippen LogP contribution in [0, 0.1) is 0 Å². The number of benzene rings is 1. The van der Waals surface area contributed by atoms with E-state index in [1.54, 1.807) is 13.2 Å². The van der Waals surface area contributed by atoms with E-state index in [2.05, 4.69) is 26.2 Å². The number of methoxy groups -OCH3 is 1. The quantitative estimate of drug-likeness (QED) is 0.852. The number of aromatic nitrogens is 1. The number of nitrogens with zero attached hydrogens (tertiary/aromatic N) is 1. The van der Waals surface area contributed by atoms with Gasteiger partial charge >= 0.3 is 0 Å². The van der Waals surface area contributed by atoms with E-state index in [1.807, 2.05) is 36.4 Å². The normalized spacial score (nSPS) is 10.1. The first-order valence-corrected chi connectivity index (χ1v) is 7.02. The lowest BCUT2D eigenvalue weighted by molar-refractivity contribution is -0.116. The molecular formula is C15H15BrN2O2. The molecule has 2 rings (SSSR count). The molecule has 1 N–H and O–H groups in total. The van der Waals surface area contributed by atoms with Crippen LogP contribution in [0.1, 0.15) is 12.0 Å². The van der Waals surface area contributed by atoms with E-state index in [1.165, 1.54) is 0 Å². The molecular weight excluding hydrogens is 320 g/mol. The first-order chi connectivity index (χ1) is 9.67. The monoisotopic (exact) mass is 334 g/mol. The van der Waals surface area contributed by atoms with Gasteiger partial charge in [-0.3, -0.25) is 4.79 Å². The van der Waals surface area contributed by atoms with E-state index in [0.717, 1.165) is 11.3 Å². The molecule has 0 spiro atoms. The Morgan fingerprint density at radius 3 is 2.65 bits per heavy atom. The van der Waals surface area contributed by atoms with Gasteiger partial charge in [0.25, 0.3) is 0 Å². The van der Waals surface area contributed by atoms with E-state index in [4.69, 9.17) is 4.74 Å². The molecule has 104 valence electrons. The van der Waals surface area contributed by atoms with Crippen LogP contribution in [-0.4, -0.2) is 18.0 Å². The second kappa shape index (κ2) is 7.05. The summed E-state index contributed by atoms with van der Waals surface area (Å²) < 4.78 is 5.79. The average molecular weight is 335 g/mol. The minimum atomic E-state index is -0.0496. The van der Waals surface area contributed by atoms with Crippen molar-refractivity contribution in [2.45, 2.75) is 12.8 Å². The molecule has 1 amide bonds. The summed E-state index contributed by atoms with van der Waals surface area (Å²) in [6.45, 7) is 0. The van der Waals surface area contributed by atoms with Crippen molar-refractivity contribution in [1.82, 2.24) is 4.98 Å². The number of carbonyl (C=O) groups is 1. The van der Waals surface area contributed by atoms with Crippen LogP contribution in [0.2, 0.25) is 0 Å². The van der Waals surface area contributed by atoms with Crippen LogP contribution >= 0.6 is 15.9 Å². The molecule has 5 heteroatoms. The molecule has 1 heterocycles. The molecule has 0 saturated heterocycles. The van der Waals surface area contributed by atoms with Crippen LogP contribution < -0.4 is 10.1 Å². The highest BCUT2D eigenvalue weighted by Gasteiger charge is 2.04. The number of anilines is 1. The van der Waals surface area contributed by atoms with Gasteiger partial charge in [-0.1, -0.05) is 18.2 Å². The van der Waals surface area contributed by atoms with Gasteiger partial charge in [-0.25, -0.2) is 4.98 Å². The van der Waals surface area contributed by atoms with Crippen LogP contribution in [0.5, 0.6) is 5.75 Å². The van der Waals surface area contributed by atoms with Crippen molar-refractivity contribution in [3.05, 3.63) is 52.6 Å². The maximum Gasteiger partial charge on any atom is 0.225 e. The van der Waals surface area contributed by atoms with Crippen molar-refractivity contribution in [2.24, 2.45) is 0 Å². The maximum atomic E-state index is 11.8. The fourth-order valence-electron chi connectivity index (χ4n) is 1.73. The Hall–Kier alpha value is -1.88. The lowest BCUT2D eigenvalue weighted by Crippen LogP contribution is -2.13. The van der Waals surface area contributed by atoms with Crippen LogP contribution in [0.4, 0.5) is 5.82 Å². The highest BCUT2D eigenvalue weighted by molar-refractivity contribution is 9.10. The van der Waals surface area contributed by atoms with E-state index in [-0.39, 0.29) is 5.91 Å². The SMILES string of the molecule is COc1ccc(CCC(=O)Nc2cccc(Br)n2)cc1. The molecule has 2 aromatic rings. The Balaban J connectivity index is 1.85. The van der Waals surface area contributed by atoms with Crippen molar-refractivity contribution >= 4 is 27.7 Å². The number of hydrogen-bond acceptors (Lipinski definition) is 3. The zero-order chi connectivity index (χ0) is 14.4. The minimum absolute atomic E-state index is 0.0496. The lowest BCUT2D eigenvalue weighted by Gasteiger charge is -2.05. The van der Waals surface area contributed by atoms with Gasteiger partial charge in [0.2, 0.25) is 5.91 Å². The Morgan fingerprint density at radius 2 is 2.00 bits per heavy atom. The van der Waals surface area contributed by atoms with Crippen molar-refractivity contribution in [1.29, 1.82) is 0 Å². The van der Waals surface area contributed by atoms with Crippen molar-refractivity contribution in [2.75, 3.05) is 12.4 Å². The van der Waals surface area contributed by atoms with Gasteiger partial charge in [-0.15, -0.1) is 0 Å². The zero-order valence-corrected chi connectivity index (χ0v) is 12.7. The molecule has 0 aliphatic heterocycles. The first-order valence-electron chi connectivity index (χ1n) is 6.23. The second-order valence-corrected chi connectivity index (χ2v) is 5.05. The van der Waals surface area contributed by atoms with Crippen molar-refractivity contribution in [3.63, 3.8) is 0 Å². The first kappa shape index (κ1) is 14.5. The summed E-state index contributed by atoms with van der Waals surface area (Å²) in [5.41, 5.74) is 1.10. The number of aryl methyl sites for hydroxylation is 1. The molecule has 0 atom stereocenters. The number of halogens is 1. The van der Waals surface area contributed by atoms with Gasteiger partial charge in [0.1, 0.15) is 16.2 Å². The summed E-state index contributed by atoms with van der Waals surface area (Å²) in [6, 6.07) is 13.1. The number of hydrogen-bond donors (Lipinski definition) is 1. The van der Waals surface area contributed by atoms with Gasteiger partial charge in [-0.2, -0.15) is 0 Å². The van der Waals surface area contributed by atoms with Crippen LogP contribution in [0.3, 0.4) is 0 Å². The summed E-state index contributed by atoms with van der Waals surface area (Å²) in [5, 5.41) is 2.77. The van der Waals surface area contributed by atoms with Crippen LogP contribution in [0.25, 0.3) is 0 Å². The number of pyridine rings is 1. The largest absolute Gasteiger partial charge is 0.497 e. The Bertz CT molecular complexity index is 585. The number of amides is 1. The van der Waals surface area contributed by atoms with Crippen LogP contribution in [-0.2, 0) is 11.2 Å². The molecule has 0 saturated carbocycles. The number of nitrogens with one attached hydrogen (secondary N) is 1. The fourth-order valence-corrected chi connectivity index (χ4v) is 2.08. The van der Waals surface area contributed by atoms with Gasteiger partial charge in [0.15, 0.2) is 0 Å². The molecule has 4 nitrogen and oxygen atoms in total. The van der Waals surface area contributed by atoms with Gasteiger partial charge < -0.3 is 10.1 Å². The summed E-state index contributed by atoms with van der Waals surface area (Å²) in [7, 11) is 1.63. The highest BCUT2D eigenvalue weighted by atomic mass is 79.9. The smallest absolute Gasteiger partial charge is 0.225 e. The zero-order valence-electron chi connectivity index (χ0n) is 11.1. The second-order valence-electron chi connectivity index (χ2n) is 4.24. The number of rotatable bonds is 5. The standard InChI is InChI=1S/C15H15BrN2O2/c1-20-12-8-5-11(6-9-12)7-10-15(19)18-14-4-2-3-13(16)17-14/h2-6,8-9H,7,10H2,1H3,(H,17,18,19). The van der Waals surface area contributed by atoms with Gasteiger partial charge in [0.05, 0.1) is 7.11 Å². The molecule has 1 aromatic carbocycles. The number of ether oxygens (including phenoxy) is 1. The molecule has 20 heavy (non-hydrogen) atoms. The predicted octanol–water partition coefficient (Wildman–Crippen LogP) is 3.42. The third kappa shape index (κ3) is 4.35. The molecule has 0 aliphatic rings. The Labute approximate surface area is 126 Å². The third-order valence-corrected chi connectivity index (χ3v) is 3.22. The fraction of sp³-hybridized carbons (Fsp3) is 0.200. The Kier molecular flexibility index (Phi) is 5.12. The molecule has 0 radical (unpaired) electrons. The molecule has 1 aromatic heterocycles. The average Bonchev–Trinajstić information content (AvgIpc) is 2.46. The van der Waals surface area contributed by atoms with E-state index < -0.39 is 0 Å². The van der Waals surface area contributed by atoms with E-state index in [0.29, 0.717) is 23.3 Å². The van der Waals surface area contributed by atoms with Gasteiger partial charge in [0, 0.05) is 6.42 Å². The maximum absolute atomic E-state index is 11.8. The highest BCUT2D eigenvalue weighted by Crippen LogP contribution is 2.13. The summed E-state index contributed by atoms with van der Waals surface area (Å²) in [5.74, 6) is 1.32. The van der Waals surface area contributed by atoms with Gasteiger partial charge in [-0.05, 0) is 52.2 Å². The third-order valence-electron chi connectivity index (χ3n) is 2.78. The van der Waals surface area contributed by atoms with E-state index in [9.17, 15) is 4.79 Å². The molecule has 0 fully saturated rings. The molecule has 0 unspecified atom stereocenters.